The standard InChI is InChI=1S/C12H18N2O2S/c13-3-1-2-11-8-12(17-10-11)9-14(4-6-15)5-7-16/h8,10,15-16H,3-7,9,13H2. The highest BCUT2D eigenvalue weighted by molar-refractivity contribution is 7.10. The second kappa shape index (κ2) is 8.23. The van der Waals surface area contributed by atoms with Crippen LogP contribution in [0.1, 0.15) is 10.4 Å². The van der Waals surface area contributed by atoms with E-state index in [2.05, 4.69) is 11.8 Å². The predicted octanol–water partition coefficient (Wildman–Crippen LogP) is -0.155. The zero-order chi connectivity index (χ0) is 12.5. The van der Waals surface area contributed by atoms with Gasteiger partial charge in [-0.3, -0.25) is 4.90 Å². The number of hydrogen-bond donors (Lipinski definition) is 3. The smallest absolute Gasteiger partial charge is 0.0558 e. The normalized spacial score (nSPS) is 10.4. The molecule has 4 nitrogen and oxygen atoms in total. The first-order valence-corrected chi connectivity index (χ1v) is 6.38. The average Bonchev–Trinajstić information content (AvgIpc) is 2.75. The fraction of sp³-hybridized carbons (Fsp3) is 0.500. The van der Waals surface area contributed by atoms with Gasteiger partial charge in [-0.1, -0.05) is 11.8 Å². The third-order valence-corrected chi connectivity index (χ3v) is 3.12. The van der Waals surface area contributed by atoms with E-state index in [1.807, 2.05) is 16.3 Å². The van der Waals surface area contributed by atoms with Crippen LogP contribution in [0.15, 0.2) is 11.4 Å². The van der Waals surface area contributed by atoms with Crippen molar-refractivity contribution in [3.63, 3.8) is 0 Å². The third-order valence-electron chi connectivity index (χ3n) is 2.20. The molecule has 0 atom stereocenters. The van der Waals surface area contributed by atoms with Gasteiger partial charge in [-0.15, -0.1) is 11.3 Å². The quantitative estimate of drug-likeness (QED) is 0.617. The Morgan fingerprint density at radius 2 is 2.00 bits per heavy atom. The van der Waals surface area contributed by atoms with E-state index in [1.54, 1.807) is 11.3 Å². The number of aliphatic hydroxyl groups is 2. The summed E-state index contributed by atoms with van der Waals surface area (Å²) in [6.45, 7) is 2.45. The number of hydrogen-bond acceptors (Lipinski definition) is 5. The zero-order valence-corrected chi connectivity index (χ0v) is 10.5. The van der Waals surface area contributed by atoms with Crippen LogP contribution in [0.2, 0.25) is 0 Å². The molecule has 5 heteroatoms. The largest absolute Gasteiger partial charge is 0.395 e. The molecule has 0 aromatic carbocycles. The number of nitrogens with two attached hydrogens (primary N) is 1. The molecule has 1 rings (SSSR count). The molecule has 94 valence electrons. The second-order valence-electron chi connectivity index (χ2n) is 3.53. The van der Waals surface area contributed by atoms with Crippen LogP contribution in [0.4, 0.5) is 0 Å². The Balaban J connectivity index is 2.56. The summed E-state index contributed by atoms with van der Waals surface area (Å²) in [4.78, 5) is 3.18. The van der Waals surface area contributed by atoms with E-state index < -0.39 is 0 Å². The number of aliphatic hydroxyl groups excluding tert-OH is 2. The van der Waals surface area contributed by atoms with Crippen LogP contribution in [0, 0.1) is 11.8 Å². The lowest BCUT2D eigenvalue weighted by Gasteiger charge is -2.18. The zero-order valence-electron chi connectivity index (χ0n) is 9.72. The van der Waals surface area contributed by atoms with Crippen molar-refractivity contribution in [2.45, 2.75) is 6.54 Å². The first-order chi connectivity index (χ1) is 8.30. The van der Waals surface area contributed by atoms with Crippen LogP contribution >= 0.6 is 11.3 Å². The molecule has 1 heterocycles. The topological polar surface area (TPSA) is 69.7 Å². The van der Waals surface area contributed by atoms with Gasteiger partial charge in [-0.25, -0.2) is 0 Å². The Morgan fingerprint density at radius 1 is 1.29 bits per heavy atom. The average molecular weight is 254 g/mol. The number of nitrogens with zero attached hydrogens (tertiary/aromatic N) is 1. The minimum Gasteiger partial charge on any atom is -0.395 e. The lowest BCUT2D eigenvalue weighted by molar-refractivity contribution is 0.157. The molecule has 1 aromatic heterocycles. The van der Waals surface area contributed by atoms with E-state index in [1.165, 1.54) is 4.88 Å². The highest BCUT2D eigenvalue weighted by Crippen LogP contribution is 2.15. The van der Waals surface area contributed by atoms with Crippen molar-refractivity contribution in [1.82, 2.24) is 4.90 Å². The summed E-state index contributed by atoms with van der Waals surface area (Å²) >= 11 is 1.63. The summed E-state index contributed by atoms with van der Waals surface area (Å²) in [5.41, 5.74) is 6.28. The Morgan fingerprint density at radius 3 is 2.59 bits per heavy atom. The fourth-order valence-electron chi connectivity index (χ4n) is 1.46. The molecule has 0 aliphatic heterocycles. The van der Waals surface area contributed by atoms with Crippen molar-refractivity contribution in [3.8, 4) is 11.8 Å². The van der Waals surface area contributed by atoms with Crippen LogP contribution < -0.4 is 5.73 Å². The number of thiophene rings is 1. The molecule has 1 aromatic rings. The maximum Gasteiger partial charge on any atom is 0.0558 e. The molecule has 4 N–H and O–H groups in total. The van der Waals surface area contributed by atoms with Crippen molar-refractivity contribution in [2.24, 2.45) is 5.73 Å². The molecular formula is C12H18N2O2S. The molecular weight excluding hydrogens is 236 g/mol. The lowest BCUT2D eigenvalue weighted by Crippen LogP contribution is -2.28. The number of rotatable bonds is 6. The molecule has 17 heavy (non-hydrogen) atoms. The van der Waals surface area contributed by atoms with Gasteiger partial charge in [0.1, 0.15) is 0 Å². The van der Waals surface area contributed by atoms with Gasteiger partial charge < -0.3 is 15.9 Å². The third kappa shape index (κ3) is 5.31. The fourth-order valence-corrected chi connectivity index (χ4v) is 2.31. The molecule has 0 bridgehead atoms. The summed E-state index contributed by atoms with van der Waals surface area (Å²) in [6, 6.07) is 2.02. The van der Waals surface area contributed by atoms with Gasteiger partial charge in [0.15, 0.2) is 0 Å². The van der Waals surface area contributed by atoms with E-state index in [-0.39, 0.29) is 13.2 Å². The Labute approximate surface area is 106 Å². The molecule has 0 saturated heterocycles. The van der Waals surface area contributed by atoms with Crippen molar-refractivity contribution >= 4 is 11.3 Å². The van der Waals surface area contributed by atoms with Crippen LogP contribution in [0.5, 0.6) is 0 Å². The molecule has 0 aliphatic rings. The first kappa shape index (κ1) is 14.2. The first-order valence-electron chi connectivity index (χ1n) is 5.50. The molecule has 0 radical (unpaired) electrons. The summed E-state index contributed by atoms with van der Waals surface area (Å²) in [6.07, 6.45) is 0. The summed E-state index contributed by atoms with van der Waals surface area (Å²) in [5, 5.41) is 19.8. The van der Waals surface area contributed by atoms with E-state index in [0.717, 1.165) is 12.1 Å². The maximum atomic E-state index is 8.91. The van der Waals surface area contributed by atoms with E-state index >= 15 is 0 Å². The minimum atomic E-state index is 0.102. The maximum absolute atomic E-state index is 8.91. The molecule has 0 unspecified atom stereocenters. The Bertz CT molecular complexity index is 375. The summed E-state index contributed by atoms with van der Waals surface area (Å²) in [5.74, 6) is 5.79. The Hall–Kier alpha value is -0.900. The van der Waals surface area contributed by atoms with Crippen LogP contribution in [0.25, 0.3) is 0 Å². The molecule has 0 amide bonds. The van der Waals surface area contributed by atoms with E-state index in [0.29, 0.717) is 19.6 Å². The SMILES string of the molecule is NCC#Cc1csc(CN(CCO)CCO)c1. The molecule has 0 spiro atoms. The molecule has 0 aliphatic carbocycles. The van der Waals surface area contributed by atoms with Crippen molar-refractivity contribution in [1.29, 1.82) is 0 Å². The van der Waals surface area contributed by atoms with Crippen LogP contribution in [-0.4, -0.2) is 48.0 Å². The summed E-state index contributed by atoms with van der Waals surface area (Å²) in [7, 11) is 0. The highest BCUT2D eigenvalue weighted by Gasteiger charge is 2.06. The Kier molecular flexibility index (Phi) is 6.86. The van der Waals surface area contributed by atoms with E-state index in [4.69, 9.17) is 15.9 Å². The second-order valence-corrected chi connectivity index (χ2v) is 4.53. The highest BCUT2D eigenvalue weighted by atomic mass is 32.1. The van der Waals surface area contributed by atoms with Crippen molar-refractivity contribution < 1.29 is 10.2 Å². The lowest BCUT2D eigenvalue weighted by atomic mass is 10.3. The summed E-state index contributed by atoms with van der Waals surface area (Å²) < 4.78 is 0. The van der Waals surface area contributed by atoms with Crippen LogP contribution in [-0.2, 0) is 6.54 Å². The van der Waals surface area contributed by atoms with Gasteiger partial charge in [0.05, 0.1) is 19.8 Å². The molecule has 0 fully saturated rings. The minimum absolute atomic E-state index is 0.102. The van der Waals surface area contributed by atoms with Gasteiger partial charge >= 0.3 is 0 Å². The van der Waals surface area contributed by atoms with Crippen molar-refractivity contribution in [3.05, 3.63) is 21.9 Å². The van der Waals surface area contributed by atoms with Gasteiger partial charge in [0.25, 0.3) is 0 Å². The van der Waals surface area contributed by atoms with Gasteiger partial charge in [-0.05, 0) is 6.07 Å². The molecule has 0 saturated carbocycles. The van der Waals surface area contributed by atoms with Gasteiger partial charge in [0, 0.05) is 35.5 Å². The van der Waals surface area contributed by atoms with Crippen LogP contribution in [0.3, 0.4) is 0 Å². The van der Waals surface area contributed by atoms with Gasteiger partial charge in [0.2, 0.25) is 0 Å². The van der Waals surface area contributed by atoms with Gasteiger partial charge in [-0.2, -0.15) is 0 Å². The monoisotopic (exact) mass is 254 g/mol. The van der Waals surface area contributed by atoms with Crippen molar-refractivity contribution in [2.75, 3.05) is 32.8 Å². The predicted molar refractivity (Wildman–Crippen MR) is 69.7 cm³/mol. The van der Waals surface area contributed by atoms with E-state index in [9.17, 15) is 0 Å².